The van der Waals surface area contributed by atoms with Gasteiger partial charge in [-0.1, -0.05) is 42.5 Å². The predicted octanol–water partition coefficient (Wildman–Crippen LogP) is 4.81. The third kappa shape index (κ3) is 3.86. The Morgan fingerprint density at radius 1 is 1.14 bits per heavy atom. The van der Waals surface area contributed by atoms with E-state index >= 15 is 0 Å². The van der Waals surface area contributed by atoms with Crippen molar-refractivity contribution in [3.8, 4) is 11.1 Å². The molecule has 0 aliphatic carbocycles. The molecule has 29 heavy (non-hydrogen) atoms. The van der Waals surface area contributed by atoms with Crippen LogP contribution in [0, 0.1) is 12.7 Å². The topological polar surface area (TPSA) is 44.1 Å². The van der Waals surface area contributed by atoms with Crippen LogP contribution in [0.3, 0.4) is 0 Å². The van der Waals surface area contributed by atoms with Crippen LogP contribution in [0.2, 0.25) is 0 Å². The van der Waals surface area contributed by atoms with Gasteiger partial charge in [-0.25, -0.2) is 9.37 Å². The summed E-state index contributed by atoms with van der Waals surface area (Å²) >= 11 is 1.53. The largest absolute Gasteiger partial charge is 0.384 e. The summed E-state index contributed by atoms with van der Waals surface area (Å²) in [5.74, 6) is 0.328. The van der Waals surface area contributed by atoms with Crippen molar-refractivity contribution in [2.24, 2.45) is 0 Å². The second-order valence-corrected chi connectivity index (χ2v) is 8.07. The van der Waals surface area contributed by atoms with Gasteiger partial charge in [0.05, 0.1) is 18.5 Å². The fourth-order valence-corrected chi connectivity index (χ4v) is 4.61. The third-order valence-electron chi connectivity index (χ3n) is 4.89. The van der Waals surface area contributed by atoms with Gasteiger partial charge in [-0.2, -0.15) is 0 Å². The van der Waals surface area contributed by atoms with Crippen molar-refractivity contribution in [3.63, 3.8) is 0 Å². The van der Waals surface area contributed by atoms with Crippen LogP contribution in [0.4, 0.5) is 4.39 Å². The van der Waals surface area contributed by atoms with Crippen LogP contribution < -0.4 is 5.56 Å². The van der Waals surface area contributed by atoms with Crippen LogP contribution in [-0.2, 0) is 17.7 Å². The molecule has 0 saturated heterocycles. The summed E-state index contributed by atoms with van der Waals surface area (Å²) < 4.78 is 20.5. The van der Waals surface area contributed by atoms with Crippen LogP contribution in [0.15, 0.2) is 59.4 Å². The standard InChI is InChI=1S/C23H21FN2O2S/c1-15-20(17-8-4-3-5-9-17)21-22(29-15)25-19(11-12-28-2)26(23(21)27)14-16-7-6-10-18(24)13-16/h3-10,13H,11-12,14H2,1-2H3. The lowest BCUT2D eigenvalue weighted by Gasteiger charge is -2.13. The zero-order valence-electron chi connectivity index (χ0n) is 16.3. The average Bonchev–Trinajstić information content (AvgIpc) is 3.05. The molecule has 4 aromatic rings. The number of benzene rings is 2. The fourth-order valence-electron chi connectivity index (χ4n) is 3.55. The van der Waals surface area contributed by atoms with Crippen LogP contribution >= 0.6 is 11.3 Å². The molecule has 2 aromatic heterocycles. The highest BCUT2D eigenvalue weighted by Crippen LogP contribution is 2.35. The van der Waals surface area contributed by atoms with E-state index < -0.39 is 0 Å². The Hall–Kier alpha value is -2.83. The van der Waals surface area contributed by atoms with Crippen LogP contribution in [0.1, 0.15) is 16.3 Å². The maximum atomic E-state index is 13.7. The number of methoxy groups -OCH3 is 1. The molecule has 0 saturated carbocycles. The summed E-state index contributed by atoms with van der Waals surface area (Å²) in [6.45, 7) is 2.73. The van der Waals surface area contributed by atoms with Gasteiger partial charge in [-0.05, 0) is 30.2 Å². The molecule has 0 unspecified atom stereocenters. The number of nitrogens with zero attached hydrogens (tertiary/aromatic N) is 2. The van der Waals surface area contributed by atoms with E-state index in [0.29, 0.717) is 24.2 Å². The number of hydrogen-bond acceptors (Lipinski definition) is 4. The number of fused-ring (bicyclic) bond motifs is 1. The van der Waals surface area contributed by atoms with E-state index in [1.807, 2.05) is 43.3 Å². The normalized spacial score (nSPS) is 11.3. The number of thiophene rings is 1. The molecule has 0 spiro atoms. The lowest BCUT2D eigenvalue weighted by Crippen LogP contribution is -2.26. The van der Waals surface area contributed by atoms with E-state index in [1.54, 1.807) is 17.7 Å². The first-order chi connectivity index (χ1) is 14.1. The highest BCUT2D eigenvalue weighted by atomic mass is 32.1. The Morgan fingerprint density at radius 3 is 2.66 bits per heavy atom. The average molecular weight is 408 g/mol. The van der Waals surface area contributed by atoms with Crippen molar-refractivity contribution in [2.75, 3.05) is 13.7 Å². The molecule has 0 aliphatic heterocycles. The van der Waals surface area contributed by atoms with Gasteiger partial charge in [0.25, 0.3) is 5.56 Å². The molecule has 4 rings (SSSR count). The minimum atomic E-state index is -0.320. The maximum absolute atomic E-state index is 13.7. The highest BCUT2D eigenvalue weighted by Gasteiger charge is 2.19. The van der Waals surface area contributed by atoms with Gasteiger partial charge in [-0.15, -0.1) is 11.3 Å². The Morgan fingerprint density at radius 2 is 1.93 bits per heavy atom. The van der Waals surface area contributed by atoms with E-state index in [0.717, 1.165) is 26.4 Å². The van der Waals surface area contributed by atoms with Crippen LogP contribution in [0.5, 0.6) is 0 Å². The minimum absolute atomic E-state index is 0.103. The summed E-state index contributed by atoms with van der Waals surface area (Å²) in [5.41, 5.74) is 2.54. The van der Waals surface area contributed by atoms with E-state index in [1.165, 1.54) is 23.5 Å². The Kier molecular flexibility index (Phi) is 5.56. The highest BCUT2D eigenvalue weighted by molar-refractivity contribution is 7.19. The number of hydrogen-bond donors (Lipinski definition) is 0. The molecule has 4 nitrogen and oxygen atoms in total. The van der Waals surface area contributed by atoms with Crippen molar-refractivity contribution in [1.29, 1.82) is 0 Å². The molecule has 0 N–H and O–H groups in total. The first-order valence-electron chi connectivity index (χ1n) is 9.40. The van der Waals surface area contributed by atoms with E-state index in [9.17, 15) is 9.18 Å². The molecule has 0 atom stereocenters. The molecular weight excluding hydrogens is 387 g/mol. The molecule has 2 heterocycles. The van der Waals surface area contributed by atoms with Crippen molar-refractivity contribution >= 4 is 21.6 Å². The summed E-state index contributed by atoms with van der Waals surface area (Å²) in [7, 11) is 1.62. The number of ether oxygens (including phenoxy) is 1. The summed E-state index contributed by atoms with van der Waals surface area (Å²) in [6.07, 6.45) is 0.509. The number of aromatic nitrogens is 2. The van der Waals surface area contributed by atoms with Crippen molar-refractivity contribution in [1.82, 2.24) is 9.55 Å². The molecule has 6 heteroatoms. The van der Waals surface area contributed by atoms with E-state index in [4.69, 9.17) is 9.72 Å². The first kappa shape index (κ1) is 19.5. The molecular formula is C23H21FN2O2S. The Bertz CT molecular complexity index is 1220. The van der Waals surface area contributed by atoms with Crippen molar-refractivity contribution in [2.45, 2.75) is 19.9 Å². The molecule has 148 valence electrons. The lowest BCUT2D eigenvalue weighted by atomic mass is 10.0. The molecule has 0 bridgehead atoms. The van der Waals surface area contributed by atoms with Gasteiger partial charge in [0.2, 0.25) is 0 Å². The summed E-state index contributed by atoms with van der Waals surface area (Å²) in [4.78, 5) is 20.2. The molecule has 0 fully saturated rings. The van der Waals surface area contributed by atoms with Crippen LogP contribution in [0.25, 0.3) is 21.3 Å². The Labute approximate surface area is 172 Å². The SMILES string of the molecule is COCCc1nc2sc(C)c(-c3ccccc3)c2c(=O)n1Cc1cccc(F)c1. The number of aryl methyl sites for hydroxylation is 1. The van der Waals surface area contributed by atoms with Gasteiger partial charge >= 0.3 is 0 Å². The van der Waals surface area contributed by atoms with Gasteiger partial charge in [-0.3, -0.25) is 9.36 Å². The Balaban J connectivity index is 1.94. The van der Waals surface area contributed by atoms with Crippen molar-refractivity contribution in [3.05, 3.63) is 87.0 Å². The molecule has 0 radical (unpaired) electrons. The lowest BCUT2D eigenvalue weighted by molar-refractivity contribution is 0.199. The summed E-state index contributed by atoms with van der Waals surface area (Å²) in [6, 6.07) is 16.2. The quantitative estimate of drug-likeness (QED) is 0.460. The number of rotatable bonds is 6. The predicted molar refractivity (Wildman–Crippen MR) is 115 cm³/mol. The maximum Gasteiger partial charge on any atom is 0.263 e. The van der Waals surface area contributed by atoms with E-state index in [-0.39, 0.29) is 17.9 Å². The first-order valence-corrected chi connectivity index (χ1v) is 10.2. The van der Waals surface area contributed by atoms with Gasteiger partial charge in [0.15, 0.2) is 0 Å². The fraction of sp³-hybridized carbons (Fsp3) is 0.217. The third-order valence-corrected chi connectivity index (χ3v) is 5.89. The van der Waals surface area contributed by atoms with Gasteiger partial charge < -0.3 is 4.74 Å². The molecule has 0 aliphatic rings. The van der Waals surface area contributed by atoms with Gasteiger partial charge in [0.1, 0.15) is 16.5 Å². The second kappa shape index (κ2) is 8.27. The zero-order chi connectivity index (χ0) is 20.4. The van der Waals surface area contributed by atoms with Crippen LogP contribution in [-0.4, -0.2) is 23.3 Å². The van der Waals surface area contributed by atoms with Gasteiger partial charge in [0, 0.05) is 24.0 Å². The van der Waals surface area contributed by atoms with E-state index in [2.05, 4.69) is 0 Å². The minimum Gasteiger partial charge on any atom is -0.384 e. The molecule has 2 aromatic carbocycles. The second-order valence-electron chi connectivity index (χ2n) is 6.87. The summed E-state index contributed by atoms with van der Waals surface area (Å²) in [5, 5.41) is 0.622. The monoisotopic (exact) mass is 408 g/mol. The molecule has 0 amide bonds. The zero-order valence-corrected chi connectivity index (χ0v) is 17.1. The smallest absolute Gasteiger partial charge is 0.263 e. The van der Waals surface area contributed by atoms with Crippen molar-refractivity contribution < 1.29 is 9.13 Å². The number of halogens is 1.